The molecular formula is C22H24F3N5O2. The van der Waals surface area contributed by atoms with Gasteiger partial charge in [0.2, 0.25) is 0 Å². The molecule has 2 heterocycles. The predicted molar refractivity (Wildman–Crippen MR) is 115 cm³/mol. The Bertz CT molecular complexity index is 1150. The number of nitrogens with two attached hydrogens (primary N) is 2. The number of halogens is 3. The first kappa shape index (κ1) is 22.1. The van der Waals surface area contributed by atoms with Gasteiger partial charge in [-0.15, -0.1) is 5.10 Å². The minimum Gasteiger partial charge on any atom is -0.488 e. The van der Waals surface area contributed by atoms with E-state index in [1.807, 2.05) is 25.1 Å². The van der Waals surface area contributed by atoms with Crippen molar-refractivity contribution in [1.29, 1.82) is 0 Å². The van der Waals surface area contributed by atoms with Crippen molar-refractivity contribution in [3.63, 3.8) is 0 Å². The zero-order chi connectivity index (χ0) is 23.0. The fourth-order valence-corrected chi connectivity index (χ4v) is 3.85. The molecule has 5 N–H and O–H groups in total. The standard InChI is InChI=1S/C22H24F3N5O2/c1-11-17(7-13(26)8-19(11)22(23,24)25)20(27)28-21-18-9-14(32-15-5-6-31-10-15)3-4-16(18)12(2)29-30-21/h3-4,7-9,15,20H,5-6,10,26-27H2,1-2H3,(H,28,30)/t15-,20-/m0/s1. The van der Waals surface area contributed by atoms with Gasteiger partial charge in [-0.3, -0.25) is 0 Å². The van der Waals surface area contributed by atoms with E-state index in [0.29, 0.717) is 35.9 Å². The number of nitrogens with zero attached hydrogens (tertiary/aromatic N) is 2. The minimum absolute atomic E-state index is 0.00123. The van der Waals surface area contributed by atoms with Crippen molar-refractivity contribution < 1.29 is 22.6 Å². The van der Waals surface area contributed by atoms with E-state index in [4.69, 9.17) is 20.9 Å². The van der Waals surface area contributed by atoms with Crippen LogP contribution in [0.2, 0.25) is 0 Å². The zero-order valence-corrected chi connectivity index (χ0v) is 17.7. The largest absolute Gasteiger partial charge is 0.488 e. The number of hydrogen-bond donors (Lipinski definition) is 3. The van der Waals surface area contributed by atoms with Crippen molar-refractivity contribution in [2.45, 2.75) is 38.7 Å². The van der Waals surface area contributed by atoms with Gasteiger partial charge in [0, 0.05) is 22.9 Å². The number of hydrogen-bond acceptors (Lipinski definition) is 7. The Kier molecular flexibility index (Phi) is 5.83. The summed E-state index contributed by atoms with van der Waals surface area (Å²) in [6.07, 6.45) is -4.76. The highest BCUT2D eigenvalue weighted by molar-refractivity contribution is 5.94. The SMILES string of the molecule is Cc1c([C@@H](N)Nc2nnc(C)c3ccc(O[C@H]4CCOC4)cc23)cc(N)cc1C(F)(F)F. The van der Waals surface area contributed by atoms with E-state index in [1.54, 1.807) is 0 Å². The third-order valence-electron chi connectivity index (χ3n) is 5.53. The van der Waals surface area contributed by atoms with Crippen LogP contribution in [0.1, 0.15) is 35.0 Å². The molecule has 0 amide bonds. The van der Waals surface area contributed by atoms with Gasteiger partial charge in [-0.05, 0) is 55.3 Å². The molecule has 0 saturated carbocycles. The van der Waals surface area contributed by atoms with Gasteiger partial charge in [-0.2, -0.15) is 18.3 Å². The van der Waals surface area contributed by atoms with Crippen molar-refractivity contribution in [3.8, 4) is 5.75 Å². The molecule has 2 aromatic carbocycles. The van der Waals surface area contributed by atoms with Crippen LogP contribution in [-0.4, -0.2) is 29.5 Å². The van der Waals surface area contributed by atoms with E-state index in [-0.39, 0.29) is 22.9 Å². The molecule has 0 bridgehead atoms. The molecule has 0 unspecified atom stereocenters. The summed E-state index contributed by atoms with van der Waals surface area (Å²) in [6, 6.07) is 7.87. The lowest BCUT2D eigenvalue weighted by atomic mass is 9.98. The summed E-state index contributed by atoms with van der Waals surface area (Å²) in [5.41, 5.74) is 12.1. The first-order valence-corrected chi connectivity index (χ1v) is 10.1. The van der Waals surface area contributed by atoms with Crippen LogP contribution in [0.15, 0.2) is 30.3 Å². The number of alkyl halides is 3. The summed E-state index contributed by atoms with van der Waals surface area (Å²) in [5.74, 6) is 0.970. The summed E-state index contributed by atoms with van der Waals surface area (Å²) in [6.45, 7) is 4.37. The van der Waals surface area contributed by atoms with Crippen LogP contribution in [0.5, 0.6) is 5.75 Å². The molecule has 10 heteroatoms. The van der Waals surface area contributed by atoms with Crippen molar-refractivity contribution in [3.05, 3.63) is 52.7 Å². The fourth-order valence-electron chi connectivity index (χ4n) is 3.85. The van der Waals surface area contributed by atoms with Gasteiger partial charge in [0.25, 0.3) is 0 Å². The molecule has 0 aliphatic carbocycles. The smallest absolute Gasteiger partial charge is 0.416 e. The molecule has 1 saturated heterocycles. The Labute approximate surface area is 182 Å². The van der Waals surface area contributed by atoms with Crippen LogP contribution in [0, 0.1) is 13.8 Å². The molecule has 0 spiro atoms. The van der Waals surface area contributed by atoms with Crippen LogP contribution < -0.4 is 21.5 Å². The second kappa shape index (κ2) is 8.44. The van der Waals surface area contributed by atoms with Crippen molar-refractivity contribution in [2.75, 3.05) is 24.3 Å². The van der Waals surface area contributed by atoms with Gasteiger partial charge in [-0.1, -0.05) is 0 Å². The van der Waals surface area contributed by atoms with Crippen molar-refractivity contribution in [2.24, 2.45) is 5.73 Å². The number of ether oxygens (including phenoxy) is 2. The number of rotatable bonds is 5. The monoisotopic (exact) mass is 447 g/mol. The quantitative estimate of drug-likeness (QED) is 0.399. The topological polar surface area (TPSA) is 108 Å². The summed E-state index contributed by atoms with van der Waals surface area (Å²) in [4.78, 5) is 0. The van der Waals surface area contributed by atoms with E-state index in [9.17, 15) is 13.2 Å². The Balaban J connectivity index is 1.69. The van der Waals surface area contributed by atoms with Crippen LogP contribution in [0.25, 0.3) is 10.8 Å². The number of fused-ring (bicyclic) bond motifs is 1. The maximum Gasteiger partial charge on any atom is 0.416 e. The summed E-state index contributed by atoms with van der Waals surface area (Å²) in [5, 5.41) is 12.9. The highest BCUT2D eigenvalue weighted by Gasteiger charge is 2.34. The van der Waals surface area contributed by atoms with Gasteiger partial charge >= 0.3 is 6.18 Å². The molecule has 170 valence electrons. The lowest BCUT2D eigenvalue weighted by molar-refractivity contribution is -0.138. The summed E-state index contributed by atoms with van der Waals surface area (Å²) < 4.78 is 51.5. The summed E-state index contributed by atoms with van der Waals surface area (Å²) >= 11 is 0. The molecule has 7 nitrogen and oxygen atoms in total. The number of nitrogens with one attached hydrogen (secondary N) is 1. The first-order chi connectivity index (χ1) is 15.1. The molecule has 1 fully saturated rings. The van der Waals surface area contributed by atoms with Gasteiger partial charge in [-0.25, -0.2) is 0 Å². The normalized spacial score (nSPS) is 17.5. The van der Waals surface area contributed by atoms with Gasteiger partial charge in [0.15, 0.2) is 5.82 Å². The predicted octanol–water partition coefficient (Wildman–Crippen LogP) is 4.08. The molecule has 1 aliphatic heterocycles. The lowest BCUT2D eigenvalue weighted by Crippen LogP contribution is -2.24. The average molecular weight is 447 g/mol. The third kappa shape index (κ3) is 4.42. The van der Waals surface area contributed by atoms with E-state index in [0.717, 1.165) is 17.9 Å². The van der Waals surface area contributed by atoms with E-state index in [2.05, 4.69) is 15.5 Å². The second-order valence-corrected chi connectivity index (χ2v) is 7.85. The van der Waals surface area contributed by atoms with Crippen LogP contribution in [0.3, 0.4) is 0 Å². The number of aromatic nitrogens is 2. The Hall–Kier alpha value is -3.11. The molecule has 32 heavy (non-hydrogen) atoms. The summed E-state index contributed by atoms with van der Waals surface area (Å²) in [7, 11) is 0. The maximum atomic E-state index is 13.4. The molecule has 1 aromatic heterocycles. The number of anilines is 2. The Morgan fingerprint density at radius 1 is 1.16 bits per heavy atom. The lowest BCUT2D eigenvalue weighted by Gasteiger charge is -2.22. The number of benzene rings is 2. The van der Waals surface area contributed by atoms with Gasteiger partial charge < -0.3 is 26.3 Å². The van der Waals surface area contributed by atoms with Gasteiger partial charge in [0.05, 0.1) is 24.5 Å². The van der Waals surface area contributed by atoms with Crippen LogP contribution in [0.4, 0.5) is 24.7 Å². The van der Waals surface area contributed by atoms with Gasteiger partial charge in [0.1, 0.15) is 18.0 Å². The highest BCUT2D eigenvalue weighted by atomic mass is 19.4. The van der Waals surface area contributed by atoms with E-state index < -0.39 is 17.9 Å². The molecule has 0 radical (unpaired) electrons. The van der Waals surface area contributed by atoms with E-state index in [1.165, 1.54) is 13.0 Å². The Morgan fingerprint density at radius 3 is 2.62 bits per heavy atom. The Morgan fingerprint density at radius 2 is 1.94 bits per heavy atom. The minimum atomic E-state index is -4.54. The van der Waals surface area contributed by atoms with Crippen LogP contribution in [-0.2, 0) is 10.9 Å². The molecular weight excluding hydrogens is 423 g/mol. The molecule has 4 rings (SSSR count). The van der Waals surface area contributed by atoms with Crippen LogP contribution >= 0.6 is 0 Å². The second-order valence-electron chi connectivity index (χ2n) is 7.85. The zero-order valence-electron chi connectivity index (χ0n) is 17.7. The third-order valence-corrected chi connectivity index (χ3v) is 5.53. The maximum absolute atomic E-state index is 13.4. The molecule has 2 atom stereocenters. The fraction of sp³-hybridized carbons (Fsp3) is 0.364. The number of nitrogen functional groups attached to an aromatic ring is 1. The molecule has 1 aliphatic rings. The average Bonchev–Trinajstić information content (AvgIpc) is 3.23. The highest BCUT2D eigenvalue weighted by Crippen LogP contribution is 2.37. The molecule has 3 aromatic rings. The van der Waals surface area contributed by atoms with Crippen molar-refractivity contribution >= 4 is 22.3 Å². The first-order valence-electron chi connectivity index (χ1n) is 10.1. The van der Waals surface area contributed by atoms with E-state index >= 15 is 0 Å². The number of aryl methyl sites for hydroxylation is 1. The van der Waals surface area contributed by atoms with Crippen molar-refractivity contribution in [1.82, 2.24) is 10.2 Å².